The molecule has 3 rings (SSSR count). The summed E-state index contributed by atoms with van der Waals surface area (Å²) in [6, 6.07) is 10.2. The number of hydrogen-bond acceptors (Lipinski definition) is 3. The molecule has 1 aromatic carbocycles. The number of aryl methyl sites for hydroxylation is 1. The Labute approximate surface area is 132 Å². The monoisotopic (exact) mass is 294 g/mol. The molecule has 0 saturated carbocycles. The zero-order chi connectivity index (χ0) is 15.9. The van der Waals surface area contributed by atoms with E-state index in [4.69, 9.17) is 9.73 Å². The van der Waals surface area contributed by atoms with E-state index in [0.717, 1.165) is 28.3 Å². The topological polar surface area (TPSA) is 34.5 Å². The smallest absolute Gasteiger partial charge is 0.195 e. The lowest BCUT2D eigenvalue weighted by Gasteiger charge is -2.30. The molecule has 0 N–H and O–H groups in total. The molecule has 114 valence electrons. The molecule has 0 amide bonds. The summed E-state index contributed by atoms with van der Waals surface area (Å²) in [4.78, 5) is 9.45. The largest absolute Gasteiger partial charge is 0.466 e. The zero-order valence-electron chi connectivity index (χ0n) is 13.8. The molecule has 3 heteroatoms. The summed E-state index contributed by atoms with van der Waals surface area (Å²) >= 11 is 0. The summed E-state index contributed by atoms with van der Waals surface area (Å²) in [6.45, 7) is 10.4. The van der Waals surface area contributed by atoms with Crippen molar-refractivity contribution in [2.45, 2.75) is 46.3 Å². The maximum atomic E-state index is 5.96. The lowest BCUT2D eigenvalue weighted by molar-refractivity contribution is 0.115. The molecular formula is C19H22N2O. The van der Waals surface area contributed by atoms with Gasteiger partial charge < -0.3 is 4.74 Å². The van der Waals surface area contributed by atoms with Crippen molar-refractivity contribution in [2.24, 2.45) is 4.99 Å². The minimum atomic E-state index is -0.561. The van der Waals surface area contributed by atoms with Crippen LogP contribution in [0.25, 0.3) is 0 Å². The van der Waals surface area contributed by atoms with Gasteiger partial charge in [0.1, 0.15) is 5.75 Å². The van der Waals surface area contributed by atoms with Crippen molar-refractivity contribution in [3.8, 4) is 5.75 Å². The third kappa shape index (κ3) is 2.63. The van der Waals surface area contributed by atoms with Crippen LogP contribution in [0, 0.1) is 6.92 Å². The molecule has 22 heavy (non-hydrogen) atoms. The van der Waals surface area contributed by atoms with Gasteiger partial charge in [-0.2, -0.15) is 0 Å². The van der Waals surface area contributed by atoms with Gasteiger partial charge in [-0.15, -0.1) is 0 Å². The van der Waals surface area contributed by atoms with E-state index in [1.54, 1.807) is 0 Å². The van der Waals surface area contributed by atoms with Crippen molar-refractivity contribution in [2.75, 3.05) is 0 Å². The van der Waals surface area contributed by atoms with Crippen LogP contribution >= 0.6 is 0 Å². The van der Waals surface area contributed by atoms with E-state index in [2.05, 4.69) is 37.9 Å². The Morgan fingerprint density at radius 3 is 2.55 bits per heavy atom. The molecule has 0 bridgehead atoms. The third-order valence-corrected chi connectivity index (χ3v) is 3.82. The molecule has 0 radical (unpaired) electrons. The van der Waals surface area contributed by atoms with Gasteiger partial charge in [-0.05, 0) is 50.5 Å². The highest BCUT2D eigenvalue weighted by atomic mass is 16.5. The van der Waals surface area contributed by atoms with Crippen LogP contribution in [0.15, 0.2) is 41.5 Å². The van der Waals surface area contributed by atoms with Crippen LogP contribution in [0.4, 0.5) is 0 Å². The predicted octanol–water partition coefficient (Wildman–Crippen LogP) is 4.48. The van der Waals surface area contributed by atoms with Gasteiger partial charge in [-0.1, -0.05) is 26.0 Å². The highest BCUT2D eigenvalue weighted by Gasteiger charge is 2.28. The van der Waals surface area contributed by atoms with Crippen LogP contribution < -0.4 is 4.74 Å². The lowest BCUT2D eigenvalue weighted by Crippen LogP contribution is -2.32. The second-order valence-electron chi connectivity index (χ2n) is 6.59. The molecule has 3 nitrogen and oxygen atoms in total. The van der Waals surface area contributed by atoms with Crippen molar-refractivity contribution < 1.29 is 4.74 Å². The molecule has 2 aromatic rings. The SMILES string of the molecule is Cc1cc(C2=NC(C)(C)Oc3ccccc32)cnc1C(C)C. The first-order valence-electron chi connectivity index (χ1n) is 7.72. The number of pyridine rings is 1. The van der Waals surface area contributed by atoms with Crippen LogP contribution in [0.1, 0.15) is 56.0 Å². The second-order valence-corrected chi connectivity index (χ2v) is 6.59. The standard InChI is InChI=1S/C19H22N2O/c1-12(2)17-13(3)10-14(11-20-17)18-15-8-6-7-9-16(15)22-19(4,5)21-18/h6-12H,1-5H3. The number of nitrogens with zero attached hydrogens (tertiary/aromatic N) is 2. The van der Waals surface area contributed by atoms with Gasteiger partial charge in [0.25, 0.3) is 0 Å². The second kappa shape index (κ2) is 5.24. The minimum Gasteiger partial charge on any atom is -0.466 e. The molecule has 0 spiro atoms. The van der Waals surface area contributed by atoms with Gasteiger partial charge in [0, 0.05) is 23.0 Å². The van der Waals surface area contributed by atoms with Crippen molar-refractivity contribution in [1.29, 1.82) is 0 Å². The van der Waals surface area contributed by atoms with Gasteiger partial charge in [0.2, 0.25) is 0 Å². The van der Waals surface area contributed by atoms with Gasteiger partial charge in [0.05, 0.1) is 5.71 Å². The molecule has 2 heterocycles. The van der Waals surface area contributed by atoms with E-state index >= 15 is 0 Å². The third-order valence-electron chi connectivity index (χ3n) is 3.82. The first kappa shape index (κ1) is 14.8. The maximum Gasteiger partial charge on any atom is 0.195 e. The van der Waals surface area contributed by atoms with Crippen molar-refractivity contribution in [1.82, 2.24) is 4.98 Å². The van der Waals surface area contributed by atoms with E-state index in [0.29, 0.717) is 5.92 Å². The number of hydrogen-bond donors (Lipinski definition) is 0. The number of para-hydroxylation sites is 1. The Bertz CT molecular complexity index is 745. The first-order valence-corrected chi connectivity index (χ1v) is 7.72. The van der Waals surface area contributed by atoms with Crippen LogP contribution in [0.2, 0.25) is 0 Å². The molecule has 1 aliphatic heterocycles. The molecule has 1 aromatic heterocycles. The number of aromatic nitrogens is 1. The number of benzene rings is 1. The highest BCUT2D eigenvalue weighted by molar-refractivity contribution is 6.15. The van der Waals surface area contributed by atoms with Crippen molar-refractivity contribution >= 4 is 5.71 Å². The molecular weight excluding hydrogens is 272 g/mol. The fourth-order valence-electron chi connectivity index (χ4n) is 2.91. The van der Waals surface area contributed by atoms with Gasteiger partial charge in [-0.3, -0.25) is 4.98 Å². The Balaban J connectivity index is 2.14. The average molecular weight is 294 g/mol. The first-order chi connectivity index (χ1) is 10.4. The Morgan fingerprint density at radius 2 is 1.86 bits per heavy atom. The van der Waals surface area contributed by atoms with E-state index < -0.39 is 5.72 Å². The van der Waals surface area contributed by atoms with Gasteiger partial charge in [-0.25, -0.2) is 4.99 Å². The van der Waals surface area contributed by atoms with Crippen LogP contribution in [0.3, 0.4) is 0 Å². The van der Waals surface area contributed by atoms with Crippen molar-refractivity contribution in [3.05, 3.63) is 58.9 Å². The molecule has 0 saturated heterocycles. The van der Waals surface area contributed by atoms with Gasteiger partial charge >= 0.3 is 0 Å². The van der Waals surface area contributed by atoms with E-state index in [1.807, 2.05) is 38.2 Å². The average Bonchev–Trinajstić information content (AvgIpc) is 2.44. The molecule has 1 aliphatic rings. The Morgan fingerprint density at radius 1 is 1.14 bits per heavy atom. The number of fused-ring (bicyclic) bond motifs is 1. The van der Waals surface area contributed by atoms with E-state index in [-0.39, 0.29) is 0 Å². The number of aliphatic imine (C=N–C) groups is 1. The van der Waals surface area contributed by atoms with E-state index in [9.17, 15) is 0 Å². The predicted molar refractivity (Wildman–Crippen MR) is 89.9 cm³/mol. The summed E-state index contributed by atoms with van der Waals surface area (Å²) in [7, 11) is 0. The fraction of sp³-hybridized carbons (Fsp3) is 0.368. The van der Waals surface area contributed by atoms with Crippen molar-refractivity contribution in [3.63, 3.8) is 0 Å². The normalized spacial score (nSPS) is 16.0. The summed E-state index contributed by atoms with van der Waals surface area (Å²) in [5.74, 6) is 1.30. The number of ether oxygens (including phenoxy) is 1. The molecule has 0 atom stereocenters. The minimum absolute atomic E-state index is 0.425. The van der Waals surface area contributed by atoms with Crippen LogP contribution in [-0.4, -0.2) is 16.4 Å². The summed E-state index contributed by atoms with van der Waals surface area (Å²) in [5, 5.41) is 0. The van der Waals surface area contributed by atoms with E-state index in [1.165, 1.54) is 5.56 Å². The van der Waals surface area contributed by atoms with Crippen LogP contribution in [-0.2, 0) is 0 Å². The highest BCUT2D eigenvalue weighted by Crippen LogP contribution is 2.32. The van der Waals surface area contributed by atoms with Crippen LogP contribution in [0.5, 0.6) is 5.75 Å². The molecule has 0 unspecified atom stereocenters. The zero-order valence-corrected chi connectivity index (χ0v) is 13.8. The lowest BCUT2D eigenvalue weighted by atomic mass is 9.97. The molecule has 0 aliphatic carbocycles. The number of rotatable bonds is 2. The Hall–Kier alpha value is -2.16. The summed E-state index contributed by atoms with van der Waals surface area (Å²) in [6.07, 6.45) is 1.93. The molecule has 0 fully saturated rings. The quantitative estimate of drug-likeness (QED) is 0.818. The summed E-state index contributed by atoms with van der Waals surface area (Å²) < 4.78 is 5.96. The van der Waals surface area contributed by atoms with Gasteiger partial charge in [0.15, 0.2) is 5.72 Å². The fourth-order valence-corrected chi connectivity index (χ4v) is 2.91. The maximum absolute atomic E-state index is 5.96. The Kier molecular flexibility index (Phi) is 3.51. The summed E-state index contributed by atoms with van der Waals surface area (Å²) in [5.41, 5.74) is 4.82.